The van der Waals surface area contributed by atoms with Crippen LogP contribution in [0.3, 0.4) is 0 Å². The van der Waals surface area contributed by atoms with Gasteiger partial charge in [0.1, 0.15) is 5.75 Å². The number of amidine groups is 1. The van der Waals surface area contributed by atoms with Gasteiger partial charge in [0.25, 0.3) is 5.91 Å². The number of halogens is 1. The molecule has 0 atom stereocenters. The minimum atomic E-state index is -0.231. The minimum absolute atomic E-state index is 0.0381. The third-order valence-corrected chi connectivity index (χ3v) is 5.22. The number of carbonyl (C=O) groups is 1. The molecule has 2 aromatic rings. The van der Waals surface area contributed by atoms with Crippen molar-refractivity contribution in [1.82, 2.24) is 5.32 Å². The van der Waals surface area contributed by atoms with Crippen LogP contribution in [0.5, 0.6) is 17.2 Å². The number of phenols is 1. The molecule has 1 heterocycles. The van der Waals surface area contributed by atoms with Crippen molar-refractivity contribution >= 4 is 50.5 Å². The summed E-state index contributed by atoms with van der Waals surface area (Å²) in [7, 11) is 1.60. The number of methoxy groups -OCH3 is 1. The van der Waals surface area contributed by atoms with Crippen molar-refractivity contribution in [2.75, 3.05) is 13.7 Å². The molecule has 0 bridgehead atoms. The lowest BCUT2D eigenvalue weighted by atomic mass is 10.2. The number of amides is 1. The molecule has 1 aliphatic rings. The molecule has 3 rings (SSSR count). The van der Waals surface area contributed by atoms with E-state index in [-0.39, 0.29) is 11.7 Å². The maximum atomic E-state index is 12.3. The summed E-state index contributed by atoms with van der Waals surface area (Å²) in [6.45, 7) is 2.26. The Hall–Kier alpha value is -2.45. The molecule has 1 aliphatic heterocycles. The number of benzene rings is 2. The van der Waals surface area contributed by atoms with Crippen molar-refractivity contribution in [2.24, 2.45) is 4.99 Å². The molecule has 0 radical (unpaired) electrons. The molecule has 2 N–H and O–H groups in total. The Labute approximate surface area is 169 Å². The first-order chi connectivity index (χ1) is 13.0. The van der Waals surface area contributed by atoms with E-state index in [4.69, 9.17) is 9.47 Å². The van der Waals surface area contributed by atoms with E-state index in [2.05, 4.69) is 26.2 Å². The smallest absolute Gasteiger partial charge is 0.264 e. The molecule has 1 saturated heterocycles. The molecule has 0 saturated carbocycles. The van der Waals surface area contributed by atoms with E-state index in [1.165, 1.54) is 11.8 Å². The molecule has 1 fully saturated rings. The Morgan fingerprint density at radius 3 is 2.70 bits per heavy atom. The van der Waals surface area contributed by atoms with Gasteiger partial charge in [0.15, 0.2) is 16.7 Å². The van der Waals surface area contributed by atoms with Crippen LogP contribution in [-0.4, -0.2) is 29.9 Å². The first kappa shape index (κ1) is 19.3. The van der Waals surface area contributed by atoms with Gasteiger partial charge in [0, 0.05) is 4.47 Å². The first-order valence-corrected chi connectivity index (χ1v) is 9.70. The third-order valence-electron chi connectivity index (χ3n) is 3.62. The van der Waals surface area contributed by atoms with Crippen LogP contribution in [0.15, 0.2) is 50.8 Å². The van der Waals surface area contributed by atoms with Crippen molar-refractivity contribution < 1.29 is 19.4 Å². The van der Waals surface area contributed by atoms with Gasteiger partial charge in [-0.3, -0.25) is 4.79 Å². The van der Waals surface area contributed by atoms with E-state index < -0.39 is 0 Å². The van der Waals surface area contributed by atoms with E-state index in [9.17, 15) is 9.90 Å². The van der Waals surface area contributed by atoms with Gasteiger partial charge < -0.3 is 19.9 Å². The average Bonchev–Trinajstić information content (AvgIpc) is 2.99. The number of nitrogens with zero attached hydrogens (tertiary/aromatic N) is 1. The van der Waals surface area contributed by atoms with Gasteiger partial charge in [-0.05, 0) is 66.7 Å². The predicted octanol–water partition coefficient (Wildman–Crippen LogP) is 4.45. The number of carbonyl (C=O) groups excluding carboxylic acids is 1. The third kappa shape index (κ3) is 4.64. The van der Waals surface area contributed by atoms with E-state index in [1.54, 1.807) is 37.5 Å². The molecular formula is C19H17BrN2O4S. The van der Waals surface area contributed by atoms with Gasteiger partial charge in [0.05, 0.1) is 24.3 Å². The molecule has 6 nitrogen and oxygen atoms in total. The van der Waals surface area contributed by atoms with Gasteiger partial charge in [-0.25, -0.2) is 4.99 Å². The van der Waals surface area contributed by atoms with E-state index in [0.29, 0.717) is 32.6 Å². The highest BCUT2D eigenvalue weighted by molar-refractivity contribution is 9.10. The van der Waals surface area contributed by atoms with E-state index in [1.807, 2.05) is 19.1 Å². The molecule has 0 spiro atoms. The highest BCUT2D eigenvalue weighted by Gasteiger charge is 2.24. The number of phenolic OH excluding ortho intramolecular Hbond substituents is 1. The summed E-state index contributed by atoms with van der Waals surface area (Å²) in [5.41, 5.74) is 1.43. The number of aliphatic imine (C=N–C) groups is 1. The summed E-state index contributed by atoms with van der Waals surface area (Å²) >= 11 is 4.64. The Kier molecular flexibility index (Phi) is 6.08. The fraction of sp³-hybridized carbons (Fsp3) is 0.158. The normalized spacial score (nSPS) is 16.6. The molecule has 2 aromatic carbocycles. The number of thioether (sulfide) groups is 1. The second kappa shape index (κ2) is 8.49. The highest BCUT2D eigenvalue weighted by atomic mass is 79.9. The first-order valence-electron chi connectivity index (χ1n) is 8.09. The number of hydrogen-bond acceptors (Lipinski definition) is 6. The molecule has 0 unspecified atom stereocenters. The Morgan fingerprint density at radius 2 is 2.04 bits per heavy atom. The van der Waals surface area contributed by atoms with E-state index in [0.717, 1.165) is 11.3 Å². The monoisotopic (exact) mass is 448 g/mol. The zero-order valence-corrected chi connectivity index (χ0v) is 17.1. The Bertz CT molecular complexity index is 926. The molecule has 8 heteroatoms. The molecule has 27 heavy (non-hydrogen) atoms. The van der Waals surface area contributed by atoms with Crippen molar-refractivity contribution in [3.63, 3.8) is 0 Å². The molecule has 140 valence electrons. The lowest BCUT2D eigenvalue weighted by molar-refractivity contribution is -0.115. The quantitative estimate of drug-likeness (QED) is 0.660. The standard InChI is InChI=1S/C19H17BrN2O4S/c1-3-26-16-8-11(14(20)10-15(16)23)9-17-18(24)22-19(27-17)21-12-4-6-13(25-2)7-5-12/h4-10,23H,3H2,1-2H3,(H,21,22,24)/b17-9+. The van der Waals surface area contributed by atoms with Crippen molar-refractivity contribution in [3.8, 4) is 17.2 Å². The number of aromatic hydroxyl groups is 1. The minimum Gasteiger partial charge on any atom is -0.504 e. The maximum absolute atomic E-state index is 12.3. The highest BCUT2D eigenvalue weighted by Crippen LogP contribution is 2.36. The van der Waals surface area contributed by atoms with Gasteiger partial charge in [0.2, 0.25) is 0 Å². The van der Waals surface area contributed by atoms with Gasteiger partial charge in [-0.15, -0.1) is 0 Å². The number of nitrogens with one attached hydrogen (secondary N) is 1. The topological polar surface area (TPSA) is 80.2 Å². The maximum Gasteiger partial charge on any atom is 0.264 e. The van der Waals surface area contributed by atoms with E-state index >= 15 is 0 Å². The van der Waals surface area contributed by atoms with Crippen LogP contribution in [0.25, 0.3) is 6.08 Å². The van der Waals surface area contributed by atoms with Crippen molar-refractivity contribution in [2.45, 2.75) is 6.92 Å². The summed E-state index contributed by atoms with van der Waals surface area (Å²) in [4.78, 5) is 17.2. The summed E-state index contributed by atoms with van der Waals surface area (Å²) < 4.78 is 11.2. The van der Waals surface area contributed by atoms with Crippen LogP contribution in [0.1, 0.15) is 12.5 Å². The van der Waals surface area contributed by atoms with Crippen LogP contribution >= 0.6 is 27.7 Å². The summed E-state index contributed by atoms with van der Waals surface area (Å²) in [6, 6.07) is 10.5. The van der Waals surface area contributed by atoms with Crippen LogP contribution in [0.4, 0.5) is 5.69 Å². The number of ether oxygens (including phenoxy) is 2. The second-order valence-electron chi connectivity index (χ2n) is 5.45. The Morgan fingerprint density at radius 1 is 1.30 bits per heavy atom. The fourth-order valence-corrected chi connectivity index (χ4v) is 3.61. The van der Waals surface area contributed by atoms with Crippen LogP contribution < -0.4 is 14.8 Å². The van der Waals surface area contributed by atoms with Crippen molar-refractivity contribution in [1.29, 1.82) is 0 Å². The molecule has 0 aliphatic carbocycles. The SMILES string of the molecule is CCOc1cc(/C=C2/SC(=Nc3ccc(OC)cc3)NC2=O)c(Br)cc1O. The zero-order valence-electron chi connectivity index (χ0n) is 14.7. The van der Waals surface area contributed by atoms with Gasteiger partial charge in [-0.2, -0.15) is 0 Å². The number of rotatable bonds is 5. The summed E-state index contributed by atoms with van der Waals surface area (Å²) in [6.07, 6.45) is 1.72. The summed E-state index contributed by atoms with van der Waals surface area (Å²) in [5, 5.41) is 13.2. The predicted molar refractivity (Wildman–Crippen MR) is 111 cm³/mol. The van der Waals surface area contributed by atoms with Gasteiger partial charge in [-0.1, -0.05) is 15.9 Å². The number of hydrogen-bond donors (Lipinski definition) is 2. The van der Waals surface area contributed by atoms with Crippen molar-refractivity contribution in [3.05, 3.63) is 51.3 Å². The average molecular weight is 449 g/mol. The lowest BCUT2D eigenvalue weighted by Crippen LogP contribution is -2.19. The van der Waals surface area contributed by atoms with Crippen LogP contribution in [-0.2, 0) is 4.79 Å². The summed E-state index contributed by atoms with van der Waals surface area (Å²) in [5.74, 6) is 0.911. The second-order valence-corrected chi connectivity index (χ2v) is 7.34. The molecular weight excluding hydrogens is 432 g/mol. The lowest BCUT2D eigenvalue weighted by Gasteiger charge is -2.08. The van der Waals surface area contributed by atoms with Gasteiger partial charge >= 0.3 is 0 Å². The molecule has 1 amide bonds. The molecule has 0 aromatic heterocycles. The largest absolute Gasteiger partial charge is 0.504 e. The zero-order chi connectivity index (χ0) is 19.4. The van der Waals surface area contributed by atoms with Crippen LogP contribution in [0.2, 0.25) is 0 Å². The fourth-order valence-electron chi connectivity index (χ4n) is 2.34. The van der Waals surface area contributed by atoms with Crippen LogP contribution in [0, 0.1) is 0 Å². The Balaban J connectivity index is 1.84.